The number of aromatic nitrogens is 1. The van der Waals surface area contributed by atoms with Crippen molar-refractivity contribution in [3.05, 3.63) is 48.8 Å². The van der Waals surface area contributed by atoms with E-state index in [9.17, 15) is 4.79 Å². The molecule has 0 aliphatic rings. The fourth-order valence-corrected chi connectivity index (χ4v) is 1.44. The number of anilines is 1. The number of hydrogen-bond acceptors (Lipinski definition) is 2. The molecule has 2 rings (SSSR count). The maximum absolute atomic E-state index is 10.8. The van der Waals surface area contributed by atoms with Crippen LogP contribution in [0.25, 0.3) is 11.1 Å². The molecule has 1 aromatic heterocycles. The van der Waals surface area contributed by atoms with Crippen molar-refractivity contribution >= 4 is 11.6 Å². The number of pyridine rings is 1. The van der Waals surface area contributed by atoms with Crippen molar-refractivity contribution in [2.75, 3.05) is 5.32 Å². The van der Waals surface area contributed by atoms with Crippen molar-refractivity contribution in [1.82, 2.24) is 4.98 Å². The van der Waals surface area contributed by atoms with Gasteiger partial charge in [0.05, 0.1) is 0 Å². The number of nitrogens with one attached hydrogen (secondary N) is 1. The van der Waals surface area contributed by atoms with E-state index in [-0.39, 0.29) is 38.6 Å². The monoisotopic (exact) mass is 300 g/mol. The Morgan fingerprint density at radius 1 is 1.18 bits per heavy atom. The van der Waals surface area contributed by atoms with Crippen molar-refractivity contribution in [3.63, 3.8) is 0 Å². The predicted molar refractivity (Wildman–Crippen MR) is 62.8 cm³/mol. The molecule has 83 valence electrons. The predicted octanol–water partition coefficient (Wildman–Crippen LogP) is 2.50. The molecule has 0 aliphatic heterocycles. The average molecular weight is 300 g/mol. The first-order valence-corrected chi connectivity index (χ1v) is 4.96. The minimum absolute atomic E-state index is 0. The molecular weight excluding hydrogens is 289 g/mol. The molecule has 0 unspecified atom stereocenters. The van der Waals surface area contributed by atoms with Gasteiger partial charge in [0, 0.05) is 45.3 Å². The number of amides is 1. The summed E-state index contributed by atoms with van der Waals surface area (Å²) in [5, 5.41) is 2.72. The summed E-state index contributed by atoms with van der Waals surface area (Å²) < 4.78 is 0. The molecule has 0 aliphatic carbocycles. The average Bonchev–Trinajstić information content (AvgIpc) is 2.30. The van der Waals surface area contributed by atoms with E-state index >= 15 is 0 Å². The van der Waals surface area contributed by atoms with Gasteiger partial charge in [-0.05, 0) is 17.7 Å². The van der Waals surface area contributed by atoms with Crippen LogP contribution in [0.1, 0.15) is 6.92 Å². The normalized spacial score (nSPS) is 9.24. The Morgan fingerprint density at radius 2 is 1.88 bits per heavy atom. The summed E-state index contributed by atoms with van der Waals surface area (Å²) in [6, 6.07) is 11.4. The van der Waals surface area contributed by atoms with Crippen LogP contribution in [0.2, 0.25) is 0 Å². The second-order valence-electron chi connectivity index (χ2n) is 3.43. The SMILES string of the molecule is CC(=O)Nc1ccc(-c2cc[c-]nc2)cc1.[Y]. The van der Waals surface area contributed by atoms with E-state index in [1.54, 1.807) is 12.3 Å². The first kappa shape index (κ1) is 14.0. The van der Waals surface area contributed by atoms with Gasteiger partial charge < -0.3 is 10.3 Å². The van der Waals surface area contributed by atoms with E-state index in [1.807, 2.05) is 30.3 Å². The van der Waals surface area contributed by atoms with Gasteiger partial charge in [0.2, 0.25) is 5.91 Å². The van der Waals surface area contributed by atoms with E-state index in [4.69, 9.17) is 0 Å². The van der Waals surface area contributed by atoms with E-state index < -0.39 is 0 Å². The standard InChI is InChI=1S/C13H11N2O.Y/c1-10(16)15-13-6-4-11(5-7-13)12-3-2-8-14-9-12;/h2-7,9H,1H3,(H,15,16);/q-1;. The van der Waals surface area contributed by atoms with Gasteiger partial charge in [0.1, 0.15) is 0 Å². The molecule has 0 bridgehead atoms. The van der Waals surface area contributed by atoms with Crippen LogP contribution in [-0.2, 0) is 37.5 Å². The number of carbonyl (C=O) groups is 1. The van der Waals surface area contributed by atoms with Gasteiger partial charge in [-0.3, -0.25) is 4.79 Å². The molecule has 0 atom stereocenters. The third kappa shape index (κ3) is 4.02. The van der Waals surface area contributed by atoms with Crippen LogP contribution < -0.4 is 5.32 Å². The van der Waals surface area contributed by atoms with Crippen LogP contribution in [0.15, 0.2) is 42.6 Å². The zero-order valence-corrected chi connectivity index (χ0v) is 12.3. The second kappa shape index (κ2) is 6.62. The van der Waals surface area contributed by atoms with E-state index in [1.165, 1.54) is 6.92 Å². The third-order valence-electron chi connectivity index (χ3n) is 2.15. The topological polar surface area (TPSA) is 42.0 Å². The first-order valence-electron chi connectivity index (χ1n) is 4.96. The molecule has 1 N–H and O–H groups in total. The quantitative estimate of drug-likeness (QED) is 0.866. The summed E-state index contributed by atoms with van der Waals surface area (Å²) in [6.07, 6.45) is 4.49. The van der Waals surface area contributed by atoms with Gasteiger partial charge in [-0.2, -0.15) is 12.1 Å². The zero-order chi connectivity index (χ0) is 11.4. The van der Waals surface area contributed by atoms with Crippen molar-refractivity contribution in [2.45, 2.75) is 6.92 Å². The van der Waals surface area contributed by atoms with Crippen LogP contribution in [0.5, 0.6) is 0 Å². The molecular formula is C13H11N2OY-. The van der Waals surface area contributed by atoms with E-state index in [0.717, 1.165) is 16.8 Å². The fourth-order valence-electron chi connectivity index (χ4n) is 1.44. The summed E-state index contributed by atoms with van der Waals surface area (Å²) in [4.78, 5) is 14.8. The van der Waals surface area contributed by atoms with Crippen LogP contribution >= 0.6 is 0 Å². The number of hydrogen-bond donors (Lipinski definition) is 1. The minimum Gasteiger partial charge on any atom is -0.394 e. The molecule has 1 aromatic carbocycles. The molecule has 0 fully saturated rings. The minimum atomic E-state index is -0.0660. The van der Waals surface area contributed by atoms with Gasteiger partial charge in [0.15, 0.2) is 0 Å². The second-order valence-corrected chi connectivity index (χ2v) is 3.43. The molecule has 1 radical (unpaired) electrons. The summed E-state index contributed by atoms with van der Waals surface area (Å²) in [6.45, 7) is 1.49. The molecule has 3 nitrogen and oxygen atoms in total. The Balaban J connectivity index is 0.00000144. The molecule has 1 heterocycles. The molecule has 4 heteroatoms. The third-order valence-corrected chi connectivity index (χ3v) is 2.15. The summed E-state index contributed by atoms with van der Waals surface area (Å²) in [5.74, 6) is -0.0660. The smallest absolute Gasteiger partial charge is 0.221 e. The summed E-state index contributed by atoms with van der Waals surface area (Å²) in [7, 11) is 0. The van der Waals surface area contributed by atoms with Gasteiger partial charge in [-0.15, -0.1) is 5.56 Å². The Kier molecular flexibility index (Phi) is 5.46. The molecule has 0 spiro atoms. The number of benzene rings is 1. The first-order chi connectivity index (χ1) is 7.75. The maximum atomic E-state index is 10.8. The number of rotatable bonds is 2. The molecule has 17 heavy (non-hydrogen) atoms. The van der Waals surface area contributed by atoms with Crippen LogP contribution in [0, 0.1) is 6.20 Å². The Hall–Kier alpha value is -1.06. The molecule has 1 amide bonds. The molecule has 2 aromatic rings. The van der Waals surface area contributed by atoms with Crippen LogP contribution in [0.3, 0.4) is 0 Å². The summed E-state index contributed by atoms with van der Waals surface area (Å²) >= 11 is 0. The maximum Gasteiger partial charge on any atom is 0.221 e. The fraction of sp³-hybridized carbons (Fsp3) is 0.0769. The van der Waals surface area contributed by atoms with Gasteiger partial charge in [-0.25, -0.2) is 0 Å². The zero-order valence-electron chi connectivity index (χ0n) is 9.47. The summed E-state index contributed by atoms with van der Waals surface area (Å²) in [5.41, 5.74) is 2.90. The van der Waals surface area contributed by atoms with Crippen molar-refractivity contribution < 1.29 is 37.5 Å². The van der Waals surface area contributed by atoms with Gasteiger partial charge >= 0.3 is 0 Å². The van der Waals surface area contributed by atoms with Crippen molar-refractivity contribution in [3.8, 4) is 11.1 Å². The number of carbonyl (C=O) groups excluding carboxylic acids is 1. The Morgan fingerprint density at radius 3 is 2.41 bits per heavy atom. The van der Waals surface area contributed by atoms with Crippen molar-refractivity contribution in [2.24, 2.45) is 0 Å². The largest absolute Gasteiger partial charge is 0.394 e. The Labute approximate surface area is 126 Å². The molecule has 0 saturated carbocycles. The van der Waals surface area contributed by atoms with Gasteiger partial charge in [-0.1, -0.05) is 24.5 Å². The van der Waals surface area contributed by atoms with E-state index in [2.05, 4.69) is 16.5 Å². The number of nitrogens with zero attached hydrogens (tertiary/aromatic N) is 1. The van der Waals surface area contributed by atoms with Crippen LogP contribution in [-0.4, -0.2) is 10.9 Å². The molecule has 0 saturated heterocycles. The Bertz CT molecular complexity index is 483. The van der Waals surface area contributed by atoms with Gasteiger partial charge in [0.25, 0.3) is 0 Å². The van der Waals surface area contributed by atoms with E-state index in [0.29, 0.717) is 0 Å². The van der Waals surface area contributed by atoms with Crippen LogP contribution in [0.4, 0.5) is 5.69 Å². The van der Waals surface area contributed by atoms with Crippen molar-refractivity contribution in [1.29, 1.82) is 0 Å².